The molecule has 1 N–H and O–H groups in total. The molecule has 14 heavy (non-hydrogen) atoms. The van der Waals surface area contributed by atoms with Gasteiger partial charge in [0.05, 0.1) is 0 Å². The zero-order valence-electron chi connectivity index (χ0n) is 8.59. The van der Waals surface area contributed by atoms with Crippen molar-refractivity contribution in [1.82, 2.24) is 0 Å². The summed E-state index contributed by atoms with van der Waals surface area (Å²) < 4.78 is 0. The Kier molecular flexibility index (Phi) is 2.53. The minimum Gasteiger partial charge on any atom is -0.330 e. The van der Waals surface area contributed by atoms with Gasteiger partial charge in [0.15, 0.2) is 0 Å². The second-order valence-electron chi connectivity index (χ2n) is 3.89. The van der Waals surface area contributed by atoms with Crippen LogP contribution >= 0.6 is 0 Å². The van der Waals surface area contributed by atoms with Crippen molar-refractivity contribution >= 4 is 11.5 Å². The lowest BCUT2D eigenvalue weighted by Crippen LogP contribution is -2.34. The van der Waals surface area contributed by atoms with Crippen LogP contribution in [0.25, 0.3) is 0 Å². The molecule has 0 saturated carbocycles. The van der Waals surface area contributed by atoms with Gasteiger partial charge in [-0.1, -0.05) is 17.7 Å². The summed E-state index contributed by atoms with van der Waals surface area (Å²) in [6.07, 6.45) is 3.30. The van der Waals surface area contributed by atoms with Gasteiger partial charge < -0.3 is 4.90 Å². The van der Waals surface area contributed by atoms with E-state index in [0.717, 1.165) is 18.8 Å². The van der Waals surface area contributed by atoms with Gasteiger partial charge in [-0.25, -0.2) is 0 Å². The lowest BCUT2D eigenvalue weighted by molar-refractivity contribution is 0.707. The number of hydrogen-bond donors (Lipinski definition) is 1. The van der Waals surface area contributed by atoms with Gasteiger partial charge in [0.2, 0.25) is 0 Å². The molecular formula is C12H16N2. The molecule has 1 aliphatic rings. The monoisotopic (exact) mass is 188 g/mol. The summed E-state index contributed by atoms with van der Waals surface area (Å²) in [5.41, 5.74) is 2.44. The molecule has 0 unspecified atom stereocenters. The number of hydrogen-bond acceptors (Lipinski definition) is 1. The Labute approximate surface area is 85.1 Å². The molecule has 2 heteroatoms. The molecule has 0 radical (unpaired) electrons. The van der Waals surface area contributed by atoms with E-state index < -0.39 is 0 Å². The quantitative estimate of drug-likeness (QED) is 0.720. The van der Waals surface area contributed by atoms with Crippen LogP contribution in [0.1, 0.15) is 24.8 Å². The highest BCUT2D eigenvalue weighted by molar-refractivity contribution is 5.96. The molecule has 2 rings (SSSR count). The molecule has 0 aliphatic carbocycles. The maximum Gasteiger partial charge on any atom is 0.100 e. The fraction of sp³-hybridized carbons (Fsp3) is 0.417. The van der Waals surface area contributed by atoms with Crippen molar-refractivity contribution in [3.63, 3.8) is 0 Å². The van der Waals surface area contributed by atoms with E-state index >= 15 is 0 Å². The molecule has 2 nitrogen and oxygen atoms in total. The lowest BCUT2D eigenvalue weighted by Gasteiger charge is -2.29. The van der Waals surface area contributed by atoms with E-state index in [-0.39, 0.29) is 0 Å². The number of rotatable bonds is 1. The minimum atomic E-state index is 0.764. The van der Waals surface area contributed by atoms with Crippen LogP contribution in [-0.2, 0) is 0 Å². The molecule has 1 aromatic rings. The summed E-state index contributed by atoms with van der Waals surface area (Å²) in [5.74, 6) is 0.764. The minimum absolute atomic E-state index is 0.764. The topological polar surface area (TPSA) is 27.1 Å². The zero-order chi connectivity index (χ0) is 9.97. The molecule has 0 spiro atoms. The maximum atomic E-state index is 7.86. The fourth-order valence-corrected chi connectivity index (χ4v) is 1.84. The largest absolute Gasteiger partial charge is 0.330 e. The average molecular weight is 188 g/mol. The molecular weight excluding hydrogens is 172 g/mol. The third-order valence-corrected chi connectivity index (χ3v) is 2.72. The first-order valence-corrected chi connectivity index (χ1v) is 5.19. The van der Waals surface area contributed by atoms with Gasteiger partial charge in [-0.05, 0) is 31.9 Å². The predicted molar refractivity (Wildman–Crippen MR) is 60.1 cm³/mol. The van der Waals surface area contributed by atoms with Crippen molar-refractivity contribution in [1.29, 1.82) is 5.41 Å². The molecule has 74 valence electrons. The summed E-state index contributed by atoms with van der Waals surface area (Å²) in [4.78, 5) is 2.11. The highest BCUT2D eigenvalue weighted by Crippen LogP contribution is 2.20. The van der Waals surface area contributed by atoms with E-state index in [4.69, 9.17) is 5.41 Å². The molecule has 1 heterocycles. The lowest BCUT2D eigenvalue weighted by atomic mass is 10.1. The average Bonchev–Trinajstić information content (AvgIpc) is 2.20. The van der Waals surface area contributed by atoms with Crippen LogP contribution in [0, 0.1) is 12.3 Å². The molecule has 1 aromatic carbocycles. The van der Waals surface area contributed by atoms with Crippen molar-refractivity contribution < 1.29 is 0 Å². The van der Waals surface area contributed by atoms with Gasteiger partial charge in [0.25, 0.3) is 0 Å². The number of nitrogens with one attached hydrogen (secondary N) is 1. The number of aryl methyl sites for hydroxylation is 1. The molecule has 0 amide bonds. The third kappa shape index (κ3) is 1.79. The van der Waals surface area contributed by atoms with Crippen LogP contribution < -0.4 is 4.90 Å². The highest BCUT2D eigenvalue weighted by Gasteiger charge is 2.15. The smallest absolute Gasteiger partial charge is 0.100 e. The Bertz CT molecular complexity index is 327. The van der Waals surface area contributed by atoms with Crippen molar-refractivity contribution in [2.75, 3.05) is 11.4 Å². The third-order valence-electron chi connectivity index (χ3n) is 2.72. The van der Waals surface area contributed by atoms with Crippen molar-refractivity contribution in [3.05, 3.63) is 29.8 Å². The van der Waals surface area contributed by atoms with Crippen LogP contribution in [0.5, 0.6) is 0 Å². The number of benzene rings is 1. The Morgan fingerprint density at radius 1 is 1.14 bits per heavy atom. The van der Waals surface area contributed by atoms with Crippen LogP contribution in [0.4, 0.5) is 5.69 Å². The number of amidine groups is 1. The Hall–Kier alpha value is -1.31. The standard InChI is InChI=1S/C12H16N2/c1-10-5-7-11(8-6-10)14-9-3-2-4-12(14)13/h5-8,13H,2-4,9H2,1H3. The maximum absolute atomic E-state index is 7.86. The van der Waals surface area contributed by atoms with Crippen molar-refractivity contribution in [3.8, 4) is 0 Å². The van der Waals surface area contributed by atoms with Gasteiger partial charge in [0, 0.05) is 18.7 Å². The zero-order valence-corrected chi connectivity index (χ0v) is 8.59. The van der Waals surface area contributed by atoms with E-state index in [1.165, 1.54) is 24.1 Å². The van der Waals surface area contributed by atoms with Crippen LogP contribution in [-0.4, -0.2) is 12.4 Å². The van der Waals surface area contributed by atoms with Gasteiger partial charge in [0.1, 0.15) is 5.84 Å². The normalized spacial score (nSPS) is 17.2. The van der Waals surface area contributed by atoms with E-state index in [9.17, 15) is 0 Å². The second-order valence-corrected chi connectivity index (χ2v) is 3.89. The van der Waals surface area contributed by atoms with E-state index in [1.807, 2.05) is 0 Å². The molecule has 1 fully saturated rings. The van der Waals surface area contributed by atoms with E-state index in [1.54, 1.807) is 0 Å². The number of nitrogens with zero attached hydrogens (tertiary/aromatic N) is 1. The van der Waals surface area contributed by atoms with Crippen LogP contribution in [0.2, 0.25) is 0 Å². The van der Waals surface area contributed by atoms with Gasteiger partial charge in [-0.15, -0.1) is 0 Å². The summed E-state index contributed by atoms with van der Waals surface area (Å²) in [6.45, 7) is 3.09. The molecule has 1 aliphatic heterocycles. The van der Waals surface area contributed by atoms with Crippen molar-refractivity contribution in [2.45, 2.75) is 26.2 Å². The summed E-state index contributed by atoms with van der Waals surface area (Å²) in [6, 6.07) is 8.43. The predicted octanol–water partition coefficient (Wildman–Crippen LogP) is 2.96. The number of anilines is 1. The molecule has 0 bridgehead atoms. The van der Waals surface area contributed by atoms with E-state index in [0.29, 0.717) is 0 Å². The summed E-state index contributed by atoms with van der Waals surface area (Å²) in [5, 5.41) is 7.86. The fourth-order valence-electron chi connectivity index (χ4n) is 1.84. The second kappa shape index (κ2) is 3.82. The number of piperidine rings is 1. The molecule has 0 aromatic heterocycles. The Balaban J connectivity index is 2.20. The van der Waals surface area contributed by atoms with Gasteiger partial charge in [-0.3, -0.25) is 5.41 Å². The summed E-state index contributed by atoms with van der Waals surface area (Å²) in [7, 11) is 0. The Morgan fingerprint density at radius 3 is 2.50 bits per heavy atom. The SMILES string of the molecule is Cc1ccc(N2CCCCC2=N)cc1. The molecule has 0 atom stereocenters. The first-order chi connectivity index (χ1) is 6.77. The van der Waals surface area contributed by atoms with Crippen LogP contribution in [0.3, 0.4) is 0 Å². The first kappa shape index (κ1) is 9.25. The highest BCUT2D eigenvalue weighted by atomic mass is 15.2. The summed E-state index contributed by atoms with van der Waals surface area (Å²) >= 11 is 0. The molecule has 1 saturated heterocycles. The van der Waals surface area contributed by atoms with Gasteiger partial charge in [-0.2, -0.15) is 0 Å². The first-order valence-electron chi connectivity index (χ1n) is 5.19. The van der Waals surface area contributed by atoms with Crippen LogP contribution in [0.15, 0.2) is 24.3 Å². The van der Waals surface area contributed by atoms with E-state index in [2.05, 4.69) is 36.1 Å². The Morgan fingerprint density at radius 2 is 1.86 bits per heavy atom. The van der Waals surface area contributed by atoms with Gasteiger partial charge >= 0.3 is 0 Å². The van der Waals surface area contributed by atoms with Crippen molar-refractivity contribution in [2.24, 2.45) is 0 Å².